The number of hydrogen-bond acceptors (Lipinski definition) is 0. The van der Waals surface area contributed by atoms with E-state index in [0.29, 0.717) is 0 Å². The van der Waals surface area contributed by atoms with Gasteiger partial charge < -0.3 is 0 Å². The van der Waals surface area contributed by atoms with Gasteiger partial charge in [-0.25, -0.2) is 0 Å². The van der Waals surface area contributed by atoms with E-state index in [2.05, 4.69) is 149 Å². The first kappa shape index (κ1) is 25.3. The van der Waals surface area contributed by atoms with Crippen LogP contribution in [0.15, 0.2) is 121 Å². The molecule has 0 aromatic heterocycles. The molecule has 1 aliphatic rings. The van der Waals surface area contributed by atoms with Crippen molar-refractivity contribution in [3.05, 3.63) is 144 Å². The molecule has 8 aromatic rings. The molecule has 0 aliphatic heterocycles. The summed E-state index contributed by atoms with van der Waals surface area (Å²) in [7, 11) is 0. The normalized spacial score (nSPS) is 12.1. The first-order valence-electron chi connectivity index (χ1n) is 15.6. The van der Waals surface area contributed by atoms with E-state index >= 15 is 0 Å². The number of hydrogen-bond donors (Lipinski definition) is 0. The van der Waals surface area contributed by atoms with Gasteiger partial charge in [0.2, 0.25) is 0 Å². The molecule has 44 heavy (non-hydrogen) atoms. The third-order valence-corrected chi connectivity index (χ3v) is 10.1. The van der Waals surface area contributed by atoms with Crippen LogP contribution in [-0.4, -0.2) is 0 Å². The summed E-state index contributed by atoms with van der Waals surface area (Å²) in [5.74, 6) is 0. The van der Waals surface area contributed by atoms with Crippen LogP contribution in [0.5, 0.6) is 0 Å². The highest BCUT2D eigenvalue weighted by Gasteiger charge is 2.32. The van der Waals surface area contributed by atoms with E-state index in [1.54, 1.807) is 0 Å². The quantitative estimate of drug-likeness (QED) is 0.146. The third kappa shape index (κ3) is 3.34. The van der Waals surface area contributed by atoms with Gasteiger partial charge in [-0.05, 0) is 156 Å². The van der Waals surface area contributed by atoms with Crippen LogP contribution >= 0.6 is 0 Å². The zero-order valence-corrected chi connectivity index (χ0v) is 25.5. The van der Waals surface area contributed by atoms with Crippen molar-refractivity contribution in [3.8, 4) is 44.5 Å². The van der Waals surface area contributed by atoms with Gasteiger partial charge in [-0.15, -0.1) is 0 Å². The Kier molecular flexibility index (Phi) is 5.26. The minimum atomic E-state index is 1.28. The maximum atomic E-state index is 2.46. The smallest absolute Gasteiger partial charge is 0.000698 e. The first-order valence-corrected chi connectivity index (χ1v) is 15.6. The molecule has 0 N–H and O–H groups in total. The van der Waals surface area contributed by atoms with Crippen LogP contribution < -0.4 is 0 Å². The summed E-state index contributed by atoms with van der Waals surface area (Å²) in [6.45, 7) is 9.11. The number of rotatable bonds is 2. The molecule has 8 aromatic carbocycles. The largest absolute Gasteiger partial charge is 0.0617 e. The van der Waals surface area contributed by atoms with E-state index in [1.807, 2.05) is 0 Å². The molecule has 0 heteroatoms. The monoisotopic (exact) mass is 560 g/mol. The predicted molar refractivity (Wildman–Crippen MR) is 191 cm³/mol. The molecule has 0 spiro atoms. The van der Waals surface area contributed by atoms with Gasteiger partial charge in [0, 0.05) is 0 Å². The lowest BCUT2D eigenvalue weighted by Gasteiger charge is -2.24. The molecule has 0 unspecified atom stereocenters. The lowest BCUT2D eigenvalue weighted by molar-refractivity contribution is 1.38. The molecule has 0 radical (unpaired) electrons. The number of benzene rings is 8. The highest BCUT2D eigenvalue weighted by molar-refractivity contribution is 6.32. The maximum Gasteiger partial charge on any atom is -0.000698 e. The van der Waals surface area contributed by atoms with E-state index in [4.69, 9.17) is 0 Å². The molecule has 0 fully saturated rings. The van der Waals surface area contributed by atoms with Gasteiger partial charge in [0.05, 0.1) is 0 Å². The van der Waals surface area contributed by atoms with Crippen molar-refractivity contribution in [2.24, 2.45) is 0 Å². The summed E-state index contributed by atoms with van der Waals surface area (Å²) in [5.41, 5.74) is 16.1. The second-order valence-corrected chi connectivity index (χ2v) is 12.7. The van der Waals surface area contributed by atoms with Gasteiger partial charge in [-0.3, -0.25) is 0 Å². The van der Waals surface area contributed by atoms with Crippen molar-refractivity contribution in [2.45, 2.75) is 27.7 Å². The maximum absolute atomic E-state index is 2.46. The first-order chi connectivity index (χ1) is 21.5. The van der Waals surface area contributed by atoms with Crippen LogP contribution in [0.4, 0.5) is 0 Å². The number of fused-ring (bicyclic) bond motifs is 7. The Hall–Kier alpha value is -5.20. The Morgan fingerprint density at radius 3 is 1.32 bits per heavy atom. The zero-order chi connectivity index (χ0) is 29.7. The van der Waals surface area contributed by atoms with E-state index in [9.17, 15) is 0 Å². The summed E-state index contributed by atoms with van der Waals surface area (Å²) >= 11 is 0. The van der Waals surface area contributed by atoms with Gasteiger partial charge in [-0.2, -0.15) is 0 Å². The van der Waals surface area contributed by atoms with Crippen molar-refractivity contribution >= 4 is 43.1 Å². The van der Waals surface area contributed by atoms with Crippen LogP contribution in [-0.2, 0) is 0 Å². The Bertz CT molecular complexity index is 2480. The van der Waals surface area contributed by atoms with Gasteiger partial charge in [-0.1, -0.05) is 103 Å². The molecule has 9 rings (SSSR count). The SMILES string of the molecule is Cc1cccc(C)c1-c1c2c(c(-c3c(C)cccc3C)c3cc4ccccc4cc13)-c1cc3ccccc3c3cccc-2c13. The number of aryl methyl sites for hydroxylation is 4. The van der Waals surface area contributed by atoms with Gasteiger partial charge >= 0.3 is 0 Å². The molecule has 0 amide bonds. The molecule has 0 heterocycles. The average molecular weight is 561 g/mol. The summed E-state index contributed by atoms with van der Waals surface area (Å²) < 4.78 is 0. The van der Waals surface area contributed by atoms with Crippen LogP contribution in [0.1, 0.15) is 22.3 Å². The van der Waals surface area contributed by atoms with Crippen LogP contribution in [0, 0.1) is 27.7 Å². The standard InChI is InChI=1S/C44H32/c1-25-12-9-13-26(2)38(25)42-35-22-29-16-5-6-17-30(29)23-36(35)43(39-27(3)14-10-15-28(39)4)44-37-24-31-18-7-8-19-32(31)33-20-11-21-34(40(33)37)41(42)44/h5-24H,1-4H3. The summed E-state index contributed by atoms with van der Waals surface area (Å²) in [5, 5.41) is 10.5. The minimum absolute atomic E-state index is 1.28. The Labute approximate surface area is 258 Å². The minimum Gasteiger partial charge on any atom is -0.0617 e. The second kappa shape index (κ2) is 9.15. The van der Waals surface area contributed by atoms with E-state index in [1.165, 1.54) is 110 Å². The summed E-state index contributed by atoms with van der Waals surface area (Å²) in [6.07, 6.45) is 0. The van der Waals surface area contributed by atoms with E-state index in [0.717, 1.165) is 0 Å². The fraction of sp³-hybridized carbons (Fsp3) is 0.0909. The third-order valence-electron chi connectivity index (χ3n) is 10.1. The lowest BCUT2D eigenvalue weighted by Crippen LogP contribution is -1.98. The van der Waals surface area contributed by atoms with Crippen LogP contribution in [0.25, 0.3) is 87.6 Å². The zero-order valence-electron chi connectivity index (χ0n) is 25.5. The van der Waals surface area contributed by atoms with Gasteiger partial charge in [0.15, 0.2) is 0 Å². The Morgan fingerprint density at radius 2 is 0.750 bits per heavy atom. The topological polar surface area (TPSA) is 0 Å². The molecule has 0 atom stereocenters. The molecule has 1 aliphatic carbocycles. The van der Waals surface area contributed by atoms with Gasteiger partial charge in [0.25, 0.3) is 0 Å². The fourth-order valence-electron chi connectivity index (χ4n) is 8.22. The van der Waals surface area contributed by atoms with Crippen molar-refractivity contribution < 1.29 is 0 Å². The molecule has 0 bridgehead atoms. The summed E-state index contributed by atoms with van der Waals surface area (Å²) in [4.78, 5) is 0. The average Bonchev–Trinajstić information content (AvgIpc) is 3.35. The highest BCUT2D eigenvalue weighted by Crippen LogP contribution is 2.60. The predicted octanol–water partition coefficient (Wildman–Crippen LogP) is 12.5. The molecular formula is C44H32. The van der Waals surface area contributed by atoms with Crippen molar-refractivity contribution in [1.82, 2.24) is 0 Å². The lowest BCUT2D eigenvalue weighted by atomic mass is 9.78. The molecule has 0 saturated heterocycles. The molecule has 0 saturated carbocycles. The van der Waals surface area contributed by atoms with Gasteiger partial charge in [0.1, 0.15) is 0 Å². The van der Waals surface area contributed by atoms with Crippen molar-refractivity contribution in [3.63, 3.8) is 0 Å². The van der Waals surface area contributed by atoms with Crippen molar-refractivity contribution in [1.29, 1.82) is 0 Å². The highest BCUT2D eigenvalue weighted by atomic mass is 14.3. The fourth-order valence-corrected chi connectivity index (χ4v) is 8.22. The van der Waals surface area contributed by atoms with Crippen LogP contribution in [0.2, 0.25) is 0 Å². The molecular weight excluding hydrogens is 528 g/mol. The van der Waals surface area contributed by atoms with Crippen LogP contribution in [0.3, 0.4) is 0 Å². The second-order valence-electron chi connectivity index (χ2n) is 12.7. The molecule has 208 valence electrons. The Morgan fingerprint density at radius 1 is 0.295 bits per heavy atom. The Balaban J connectivity index is 1.63. The molecule has 0 nitrogen and oxygen atoms in total. The van der Waals surface area contributed by atoms with E-state index < -0.39 is 0 Å². The van der Waals surface area contributed by atoms with E-state index in [-0.39, 0.29) is 0 Å². The van der Waals surface area contributed by atoms with Crippen molar-refractivity contribution in [2.75, 3.05) is 0 Å². The summed E-state index contributed by atoms with van der Waals surface area (Å²) in [6, 6.07) is 45.6.